The molecule has 0 aliphatic heterocycles. The molecular weight excluding hydrogens is 346 g/mol. The van der Waals surface area contributed by atoms with E-state index in [0.717, 1.165) is 33.2 Å². The molecular formula is C16H18BrN3S. The van der Waals surface area contributed by atoms with E-state index in [1.807, 2.05) is 6.07 Å². The van der Waals surface area contributed by atoms with Crippen molar-refractivity contribution in [3.63, 3.8) is 0 Å². The Morgan fingerprint density at radius 3 is 2.81 bits per heavy atom. The van der Waals surface area contributed by atoms with Crippen molar-refractivity contribution in [1.82, 2.24) is 9.97 Å². The normalized spacial score (nSPS) is 14.2. The van der Waals surface area contributed by atoms with Crippen molar-refractivity contribution < 1.29 is 0 Å². The molecule has 3 nitrogen and oxygen atoms in total. The van der Waals surface area contributed by atoms with Crippen molar-refractivity contribution in [1.29, 1.82) is 0 Å². The van der Waals surface area contributed by atoms with Crippen LogP contribution in [-0.4, -0.2) is 16.5 Å². The maximum absolute atomic E-state index is 4.80. The molecule has 2 aromatic rings. The molecule has 21 heavy (non-hydrogen) atoms. The second-order valence-electron chi connectivity index (χ2n) is 5.22. The van der Waals surface area contributed by atoms with E-state index >= 15 is 0 Å². The highest BCUT2D eigenvalue weighted by Gasteiger charge is 2.28. The summed E-state index contributed by atoms with van der Waals surface area (Å²) in [6, 6.07) is 8.32. The second-order valence-corrected chi connectivity index (χ2v) is 7.20. The van der Waals surface area contributed by atoms with Crippen molar-refractivity contribution in [2.45, 2.75) is 42.5 Å². The number of benzene rings is 1. The molecule has 5 heteroatoms. The summed E-state index contributed by atoms with van der Waals surface area (Å²) in [6.07, 6.45) is 2.44. The van der Waals surface area contributed by atoms with E-state index in [2.05, 4.69) is 53.3 Å². The molecule has 1 N–H and O–H groups in total. The van der Waals surface area contributed by atoms with Gasteiger partial charge in [0.1, 0.15) is 16.7 Å². The van der Waals surface area contributed by atoms with Crippen LogP contribution in [0.4, 0.5) is 5.82 Å². The molecule has 1 heterocycles. The molecule has 110 valence electrons. The third-order valence-corrected chi connectivity index (χ3v) is 4.99. The molecule has 1 fully saturated rings. The molecule has 1 aromatic carbocycles. The third-order valence-electron chi connectivity index (χ3n) is 3.42. The summed E-state index contributed by atoms with van der Waals surface area (Å²) in [7, 11) is 0. The Labute approximate surface area is 138 Å². The van der Waals surface area contributed by atoms with Crippen molar-refractivity contribution in [3.8, 4) is 0 Å². The fourth-order valence-corrected chi connectivity index (χ4v) is 3.61. The summed E-state index contributed by atoms with van der Waals surface area (Å²) in [5.74, 6) is 2.53. The summed E-state index contributed by atoms with van der Waals surface area (Å²) in [5, 5.41) is 4.42. The first kappa shape index (κ1) is 14.9. The number of nitrogens with one attached hydrogen (secondary N) is 1. The molecule has 0 amide bonds. The van der Waals surface area contributed by atoms with Crippen molar-refractivity contribution in [3.05, 3.63) is 40.1 Å². The van der Waals surface area contributed by atoms with Gasteiger partial charge in [0.2, 0.25) is 0 Å². The lowest BCUT2D eigenvalue weighted by Crippen LogP contribution is -2.07. The smallest absolute Gasteiger partial charge is 0.135 e. The Bertz CT molecular complexity index is 656. The highest BCUT2D eigenvalue weighted by molar-refractivity contribution is 9.10. The second kappa shape index (κ2) is 6.36. The van der Waals surface area contributed by atoms with Crippen LogP contribution >= 0.6 is 27.7 Å². The first-order valence-corrected chi connectivity index (χ1v) is 8.84. The zero-order valence-corrected chi connectivity index (χ0v) is 14.6. The Morgan fingerprint density at radius 2 is 2.14 bits per heavy atom. The van der Waals surface area contributed by atoms with E-state index in [9.17, 15) is 0 Å². The summed E-state index contributed by atoms with van der Waals surface area (Å²) < 4.78 is 1.09. The van der Waals surface area contributed by atoms with Gasteiger partial charge >= 0.3 is 0 Å². The Balaban J connectivity index is 1.95. The fourth-order valence-electron chi connectivity index (χ4n) is 2.12. The van der Waals surface area contributed by atoms with Gasteiger partial charge < -0.3 is 5.32 Å². The van der Waals surface area contributed by atoms with Crippen LogP contribution in [0.2, 0.25) is 0 Å². The molecule has 1 saturated carbocycles. The van der Waals surface area contributed by atoms with Crippen molar-refractivity contribution >= 4 is 33.5 Å². The summed E-state index contributed by atoms with van der Waals surface area (Å²) in [4.78, 5) is 10.7. The average molecular weight is 364 g/mol. The lowest BCUT2D eigenvalue weighted by molar-refractivity contribution is 0.861. The van der Waals surface area contributed by atoms with E-state index in [4.69, 9.17) is 9.97 Å². The highest BCUT2D eigenvalue weighted by atomic mass is 79.9. The summed E-state index contributed by atoms with van der Waals surface area (Å²) >= 11 is 5.23. The van der Waals surface area contributed by atoms with Gasteiger partial charge in [-0.1, -0.05) is 33.8 Å². The fraction of sp³-hybridized carbons (Fsp3) is 0.375. The molecule has 0 radical (unpaired) electrons. The van der Waals surface area contributed by atoms with Gasteiger partial charge in [0.25, 0.3) is 0 Å². The maximum Gasteiger partial charge on any atom is 0.135 e. The average Bonchev–Trinajstić information content (AvgIpc) is 3.28. The highest BCUT2D eigenvalue weighted by Crippen LogP contribution is 2.41. The van der Waals surface area contributed by atoms with E-state index in [-0.39, 0.29) is 0 Å². The van der Waals surface area contributed by atoms with E-state index in [1.54, 1.807) is 11.8 Å². The molecule has 0 bridgehead atoms. The SMILES string of the molecule is CCNc1nc(C2CC2)nc(Sc2cccc(Br)c2)c1C. The van der Waals surface area contributed by atoms with Crippen LogP contribution in [0.5, 0.6) is 0 Å². The number of anilines is 1. The van der Waals surface area contributed by atoms with E-state index in [0.29, 0.717) is 5.92 Å². The minimum atomic E-state index is 0.560. The first-order chi connectivity index (χ1) is 10.2. The van der Waals surface area contributed by atoms with E-state index in [1.165, 1.54) is 17.7 Å². The number of halogens is 1. The Hall–Kier alpha value is -1.07. The van der Waals surface area contributed by atoms with Gasteiger partial charge in [-0.05, 0) is 44.9 Å². The van der Waals surface area contributed by atoms with Gasteiger partial charge in [-0.2, -0.15) is 0 Å². The lowest BCUT2D eigenvalue weighted by Gasteiger charge is -2.13. The number of hydrogen-bond donors (Lipinski definition) is 1. The zero-order chi connectivity index (χ0) is 14.8. The van der Waals surface area contributed by atoms with Crippen LogP contribution in [0.25, 0.3) is 0 Å². The summed E-state index contributed by atoms with van der Waals surface area (Å²) in [5.41, 5.74) is 1.13. The molecule has 0 saturated heterocycles. The number of nitrogens with zero attached hydrogens (tertiary/aromatic N) is 2. The van der Waals surface area contributed by atoms with Crippen LogP contribution in [0, 0.1) is 6.92 Å². The standard InChI is InChI=1S/C16H18BrN3S/c1-3-18-14-10(2)16(20-15(19-14)11-7-8-11)21-13-6-4-5-12(17)9-13/h4-6,9,11H,3,7-8H2,1-2H3,(H,18,19,20). The van der Waals surface area contributed by atoms with Crippen LogP contribution in [0.1, 0.15) is 37.1 Å². The summed E-state index contributed by atoms with van der Waals surface area (Å²) in [6.45, 7) is 5.07. The van der Waals surface area contributed by atoms with Gasteiger partial charge in [0.15, 0.2) is 0 Å². The van der Waals surface area contributed by atoms with Gasteiger partial charge in [0.05, 0.1) is 0 Å². The van der Waals surface area contributed by atoms with Crippen LogP contribution in [0.3, 0.4) is 0 Å². The largest absolute Gasteiger partial charge is 0.370 e. The minimum absolute atomic E-state index is 0.560. The van der Waals surface area contributed by atoms with Crippen molar-refractivity contribution in [2.24, 2.45) is 0 Å². The topological polar surface area (TPSA) is 37.8 Å². The molecule has 1 aromatic heterocycles. The first-order valence-electron chi connectivity index (χ1n) is 7.23. The number of hydrogen-bond acceptors (Lipinski definition) is 4. The molecule has 1 aliphatic carbocycles. The van der Waals surface area contributed by atoms with Gasteiger partial charge in [-0.15, -0.1) is 0 Å². The number of aromatic nitrogens is 2. The maximum atomic E-state index is 4.80. The van der Waals surface area contributed by atoms with Crippen molar-refractivity contribution in [2.75, 3.05) is 11.9 Å². The van der Waals surface area contributed by atoms with Gasteiger partial charge in [-0.25, -0.2) is 9.97 Å². The molecule has 3 rings (SSSR count). The van der Waals surface area contributed by atoms with Crippen LogP contribution < -0.4 is 5.32 Å². The molecule has 0 spiro atoms. The monoisotopic (exact) mass is 363 g/mol. The predicted octanol–water partition coefficient (Wildman–Crippen LogP) is 5.01. The Kier molecular flexibility index (Phi) is 4.50. The number of rotatable bonds is 5. The molecule has 0 atom stereocenters. The van der Waals surface area contributed by atoms with E-state index < -0.39 is 0 Å². The quantitative estimate of drug-likeness (QED) is 0.757. The van der Waals surface area contributed by atoms with Gasteiger partial charge in [0, 0.05) is 27.4 Å². The molecule has 1 aliphatic rings. The molecule has 0 unspecified atom stereocenters. The third kappa shape index (κ3) is 3.58. The Morgan fingerprint density at radius 1 is 1.33 bits per heavy atom. The van der Waals surface area contributed by atoms with Gasteiger partial charge in [-0.3, -0.25) is 0 Å². The van der Waals surface area contributed by atoms with Crippen LogP contribution in [-0.2, 0) is 0 Å². The minimum Gasteiger partial charge on any atom is -0.370 e. The zero-order valence-electron chi connectivity index (χ0n) is 12.2. The predicted molar refractivity (Wildman–Crippen MR) is 91.2 cm³/mol. The van der Waals surface area contributed by atoms with Crippen LogP contribution in [0.15, 0.2) is 38.7 Å². The lowest BCUT2D eigenvalue weighted by atomic mass is 10.3.